The number of hydrogen-bond donors (Lipinski definition) is 1. The standard InChI is InChI=1S/C27H24O8S2/c1-36(29,30)34-23-12-8-20(9-13-23)21-10-14-24(27(17-21)35-37(2,31)32)22-11-15-26(25(28)16-22)33-18-19-6-4-3-5-7-19/h3-17,28H,18H2,1-2H3. The fraction of sp³-hybridized carbons (Fsp3) is 0.111. The van der Waals surface area contributed by atoms with Crippen molar-refractivity contribution in [3.8, 4) is 45.3 Å². The molecule has 0 amide bonds. The van der Waals surface area contributed by atoms with Gasteiger partial charge in [-0.3, -0.25) is 0 Å². The van der Waals surface area contributed by atoms with Crippen molar-refractivity contribution >= 4 is 20.2 Å². The van der Waals surface area contributed by atoms with Crippen LogP contribution in [0.2, 0.25) is 0 Å². The van der Waals surface area contributed by atoms with E-state index >= 15 is 0 Å². The predicted octanol–water partition coefficient (Wildman–Crippen LogP) is 4.98. The Balaban J connectivity index is 1.64. The highest BCUT2D eigenvalue weighted by molar-refractivity contribution is 7.86. The van der Waals surface area contributed by atoms with Crippen LogP contribution in [0.1, 0.15) is 5.56 Å². The number of phenols is 1. The van der Waals surface area contributed by atoms with Gasteiger partial charge in [0.05, 0.1) is 12.5 Å². The summed E-state index contributed by atoms with van der Waals surface area (Å²) in [5.74, 6) is 0.393. The summed E-state index contributed by atoms with van der Waals surface area (Å²) in [7, 11) is -7.52. The molecule has 0 aliphatic rings. The fourth-order valence-electron chi connectivity index (χ4n) is 3.59. The fourth-order valence-corrected chi connectivity index (χ4v) is 4.52. The lowest BCUT2D eigenvalue weighted by Crippen LogP contribution is -2.07. The van der Waals surface area contributed by atoms with Crippen molar-refractivity contribution in [1.29, 1.82) is 0 Å². The van der Waals surface area contributed by atoms with Gasteiger partial charge in [0.15, 0.2) is 17.2 Å². The first kappa shape index (κ1) is 26.1. The third-order valence-corrected chi connectivity index (χ3v) is 6.14. The second-order valence-corrected chi connectivity index (χ2v) is 11.4. The number of ether oxygens (including phenoxy) is 1. The first-order chi connectivity index (χ1) is 17.5. The smallest absolute Gasteiger partial charge is 0.306 e. The van der Waals surface area contributed by atoms with Gasteiger partial charge in [0.25, 0.3) is 0 Å². The van der Waals surface area contributed by atoms with Crippen LogP contribution in [0.5, 0.6) is 23.0 Å². The molecule has 1 N–H and O–H groups in total. The highest BCUT2D eigenvalue weighted by atomic mass is 32.2. The van der Waals surface area contributed by atoms with Gasteiger partial charge in [0, 0.05) is 5.56 Å². The van der Waals surface area contributed by atoms with Crippen molar-refractivity contribution in [2.24, 2.45) is 0 Å². The number of hydrogen-bond acceptors (Lipinski definition) is 8. The van der Waals surface area contributed by atoms with Crippen molar-refractivity contribution < 1.29 is 35.0 Å². The van der Waals surface area contributed by atoms with Crippen molar-refractivity contribution in [1.82, 2.24) is 0 Å². The van der Waals surface area contributed by atoms with Crippen molar-refractivity contribution in [3.05, 3.63) is 96.6 Å². The monoisotopic (exact) mass is 540 g/mol. The minimum Gasteiger partial charge on any atom is -0.504 e. The van der Waals surface area contributed by atoms with E-state index in [1.54, 1.807) is 42.5 Å². The molecule has 0 spiro atoms. The Morgan fingerprint density at radius 1 is 0.649 bits per heavy atom. The van der Waals surface area contributed by atoms with Crippen molar-refractivity contribution in [2.75, 3.05) is 12.5 Å². The molecule has 0 atom stereocenters. The molecule has 0 bridgehead atoms. The van der Waals surface area contributed by atoms with Gasteiger partial charge in [-0.15, -0.1) is 0 Å². The molecule has 192 valence electrons. The SMILES string of the molecule is CS(=O)(=O)Oc1ccc(-c2ccc(-c3ccc(OCc4ccccc4)c(O)c3)c(OS(C)(=O)=O)c2)cc1. The van der Waals surface area contributed by atoms with Crippen LogP contribution in [-0.4, -0.2) is 34.5 Å². The summed E-state index contributed by atoms with van der Waals surface area (Å²) in [5, 5.41) is 10.6. The van der Waals surface area contributed by atoms with E-state index in [4.69, 9.17) is 13.1 Å². The van der Waals surface area contributed by atoms with Gasteiger partial charge in [-0.25, -0.2) is 0 Å². The molecule has 0 aromatic heterocycles. The number of aromatic hydroxyl groups is 1. The second kappa shape index (κ2) is 10.5. The maximum absolute atomic E-state index is 12.0. The Morgan fingerprint density at radius 2 is 1.27 bits per heavy atom. The molecular weight excluding hydrogens is 516 g/mol. The lowest BCUT2D eigenvalue weighted by Gasteiger charge is -2.14. The summed E-state index contributed by atoms with van der Waals surface area (Å²) in [6.07, 6.45) is 1.90. The normalized spacial score (nSPS) is 11.6. The first-order valence-corrected chi connectivity index (χ1v) is 14.6. The molecule has 8 nitrogen and oxygen atoms in total. The van der Waals surface area contributed by atoms with E-state index < -0.39 is 20.2 Å². The summed E-state index contributed by atoms with van der Waals surface area (Å²) < 4.78 is 62.5. The zero-order valence-electron chi connectivity index (χ0n) is 20.0. The number of benzene rings is 4. The maximum atomic E-state index is 12.0. The van der Waals surface area contributed by atoms with E-state index in [1.165, 1.54) is 18.2 Å². The number of phenolic OH excluding ortho intramolecular Hbond substituents is 1. The molecule has 0 saturated heterocycles. The Bertz CT molecular complexity index is 1610. The molecule has 4 aromatic rings. The molecule has 0 fully saturated rings. The Kier molecular flexibility index (Phi) is 7.42. The number of rotatable bonds is 9. The van der Waals surface area contributed by atoms with Crippen LogP contribution in [-0.2, 0) is 26.8 Å². The highest BCUT2D eigenvalue weighted by Gasteiger charge is 2.16. The molecule has 0 unspecified atom stereocenters. The van der Waals surface area contributed by atoms with E-state index in [9.17, 15) is 21.9 Å². The molecule has 4 aromatic carbocycles. The molecule has 10 heteroatoms. The highest BCUT2D eigenvalue weighted by Crippen LogP contribution is 2.39. The summed E-state index contributed by atoms with van der Waals surface area (Å²) in [4.78, 5) is 0. The van der Waals surface area contributed by atoms with Crippen molar-refractivity contribution in [2.45, 2.75) is 6.61 Å². The van der Waals surface area contributed by atoms with Crippen LogP contribution in [0.25, 0.3) is 22.3 Å². The average Bonchev–Trinajstić information content (AvgIpc) is 2.82. The minimum absolute atomic E-state index is 0.0637. The van der Waals surface area contributed by atoms with Crippen molar-refractivity contribution in [3.63, 3.8) is 0 Å². The third-order valence-electron chi connectivity index (χ3n) is 5.17. The molecule has 0 aliphatic carbocycles. The summed E-state index contributed by atoms with van der Waals surface area (Å²) in [5.41, 5.74) is 3.21. The van der Waals surface area contributed by atoms with Crippen LogP contribution in [0.3, 0.4) is 0 Å². The Labute approximate surface area is 216 Å². The van der Waals surface area contributed by atoms with E-state index in [0.717, 1.165) is 18.1 Å². The van der Waals surface area contributed by atoms with E-state index in [2.05, 4.69) is 0 Å². The van der Waals surface area contributed by atoms with E-state index in [0.29, 0.717) is 22.3 Å². The van der Waals surface area contributed by atoms with Gasteiger partial charge in [0.2, 0.25) is 0 Å². The first-order valence-electron chi connectivity index (χ1n) is 11.0. The molecule has 0 heterocycles. The van der Waals surface area contributed by atoms with Crippen LogP contribution >= 0.6 is 0 Å². The zero-order chi connectivity index (χ0) is 26.6. The summed E-state index contributed by atoms with van der Waals surface area (Å²) in [6, 6.07) is 25.6. The van der Waals surface area contributed by atoms with Gasteiger partial charge in [0.1, 0.15) is 12.4 Å². The van der Waals surface area contributed by atoms with Gasteiger partial charge >= 0.3 is 20.2 Å². The summed E-state index contributed by atoms with van der Waals surface area (Å²) in [6.45, 7) is 0.277. The molecule has 0 saturated carbocycles. The van der Waals surface area contributed by atoms with Gasteiger partial charge in [-0.05, 0) is 58.7 Å². The average molecular weight is 541 g/mol. The predicted molar refractivity (Wildman–Crippen MR) is 141 cm³/mol. The largest absolute Gasteiger partial charge is 0.504 e. The van der Waals surface area contributed by atoms with Crippen LogP contribution in [0.15, 0.2) is 91.0 Å². The summed E-state index contributed by atoms with van der Waals surface area (Å²) >= 11 is 0. The van der Waals surface area contributed by atoms with Gasteiger partial charge < -0.3 is 18.2 Å². The zero-order valence-corrected chi connectivity index (χ0v) is 21.6. The van der Waals surface area contributed by atoms with Gasteiger partial charge in [-0.1, -0.05) is 54.6 Å². The van der Waals surface area contributed by atoms with E-state index in [-0.39, 0.29) is 29.6 Å². The molecule has 4 rings (SSSR count). The van der Waals surface area contributed by atoms with Gasteiger partial charge in [-0.2, -0.15) is 16.8 Å². The molecular formula is C27H24O8S2. The quantitative estimate of drug-likeness (QED) is 0.296. The minimum atomic E-state index is -3.87. The lowest BCUT2D eigenvalue weighted by atomic mass is 9.99. The van der Waals surface area contributed by atoms with Crippen LogP contribution in [0, 0.1) is 0 Å². The van der Waals surface area contributed by atoms with Crippen LogP contribution < -0.4 is 13.1 Å². The molecule has 0 aliphatic heterocycles. The molecule has 37 heavy (non-hydrogen) atoms. The lowest BCUT2D eigenvalue weighted by molar-refractivity contribution is 0.289. The molecule has 0 radical (unpaired) electrons. The Hall–Kier alpha value is -4.02. The topological polar surface area (TPSA) is 116 Å². The van der Waals surface area contributed by atoms with E-state index in [1.807, 2.05) is 30.3 Å². The van der Waals surface area contributed by atoms with Crippen LogP contribution in [0.4, 0.5) is 0 Å². The third kappa shape index (κ3) is 7.25. The second-order valence-electron chi connectivity index (χ2n) is 8.27. The Morgan fingerprint density at radius 3 is 1.89 bits per heavy atom. The maximum Gasteiger partial charge on any atom is 0.306 e.